The van der Waals surface area contributed by atoms with Crippen LogP contribution in [0.5, 0.6) is 0 Å². The number of carbonyl (C=O) groups excluding carboxylic acids is 2. The highest BCUT2D eigenvalue weighted by Crippen LogP contribution is 2.06. The molecule has 1 atom stereocenters. The van der Waals surface area contributed by atoms with Crippen LogP contribution in [-0.4, -0.2) is 18.5 Å². The molecule has 1 unspecified atom stereocenters. The maximum absolute atomic E-state index is 11.6. The van der Waals surface area contributed by atoms with E-state index in [9.17, 15) is 9.59 Å². The van der Waals surface area contributed by atoms with Crippen molar-refractivity contribution in [3.8, 4) is 0 Å². The van der Waals surface area contributed by atoms with E-state index in [0.29, 0.717) is 5.36 Å². The van der Waals surface area contributed by atoms with Crippen molar-refractivity contribution in [3.05, 3.63) is 34.8 Å². The lowest BCUT2D eigenvalue weighted by Gasteiger charge is -2.10. The fourth-order valence-electron chi connectivity index (χ4n) is 1.57. The molecule has 4 heteroatoms. The molecule has 0 radical (unpaired) electrons. The lowest BCUT2D eigenvalue weighted by Crippen LogP contribution is -2.36. The Kier molecular flexibility index (Phi) is 2.81. The van der Waals surface area contributed by atoms with E-state index in [4.69, 9.17) is 4.74 Å². The molecule has 2 rings (SSSR count). The Balaban J connectivity index is 2.44. The van der Waals surface area contributed by atoms with Crippen molar-refractivity contribution in [1.82, 2.24) is 0 Å². The van der Waals surface area contributed by atoms with Crippen LogP contribution in [-0.2, 0) is 14.3 Å². The highest BCUT2D eigenvalue weighted by Gasteiger charge is 2.26. The van der Waals surface area contributed by atoms with E-state index < -0.39 is 17.8 Å². The minimum absolute atomic E-state index is 0.262. The van der Waals surface area contributed by atoms with Crippen LogP contribution in [0.4, 0.5) is 0 Å². The Morgan fingerprint density at radius 2 is 2.19 bits per heavy atom. The molecule has 0 saturated carbocycles. The van der Waals surface area contributed by atoms with Gasteiger partial charge in [-0.1, -0.05) is 24.3 Å². The van der Waals surface area contributed by atoms with Gasteiger partial charge in [-0.25, -0.2) is 4.99 Å². The van der Waals surface area contributed by atoms with Gasteiger partial charge < -0.3 is 4.74 Å². The number of amides is 1. The van der Waals surface area contributed by atoms with E-state index >= 15 is 0 Å². The maximum Gasteiger partial charge on any atom is 0.322 e. The number of para-hydroxylation sites is 1. The molecule has 0 aromatic heterocycles. The fraction of sp³-hybridized carbons (Fsp3) is 0.250. The molecule has 0 fully saturated rings. The lowest BCUT2D eigenvalue weighted by molar-refractivity contribution is -0.148. The summed E-state index contributed by atoms with van der Waals surface area (Å²) >= 11 is 0. The number of rotatable bonds is 2. The smallest absolute Gasteiger partial charge is 0.322 e. The summed E-state index contributed by atoms with van der Waals surface area (Å²) < 4.78 is 4.82. The molecule has 0 N–H and O–H groups in total. The first-order chi connectivity index (χ1) is 7.72. The minimum Gasteiger partial charge on any atom is -0.465 e. The molecule has 0 spiro atoms. The van der Waals surface area contributed by atoms with Gasteiger partial charge in [-0.05, 0) is 18.2 Å². The summed E-state index contributed by atoms with van der Waals surface area (Å²) in [4.78, 5) is 26.9. The van der Waals surface area contributed by atoms with E-state index in [-0.39, 0.29) is 6.61 Å². The quantitative estimate of drug-likeness (QED) is 0.509. The maximum atomic E-state index is 11.6. The number of ether oxygens (including phenoxy) is 1. The van der Waals surface area contributed by atoms with Crippen LogP contribution < -0.4 is 10.6 Å². The number of benzene rings is 1. The highest BCUT2D eigenvalue weighted by molar-refractivity contribution is 6.04. The monoisotopic (exact) mass is 217 g/mol. The minimum atomic E-state index is -0.894. The average molecular weight is 217 g/mol. The van der Waals surface area contributed by atoms with Gasteiger partial charge in [-0.15, -0.1) is 0 Å². The van der Waals surface area contributed by atoms with E-state index in [0.717, 1.165) is 5.22 Å². The van der Waals surface area contributed by atoms with Crippen molar-refractivity contribution < 1.29 is 14.3 Å². The van der Waals surface area contributed by atoms with Crippen LogP contribution in [0.3, 0.4) is 0 Å². The zero-order valence-electron chi connectivity index (χ0n) is 8.84. The first-order valence-electron chi connectivity index (χ1n) is 5.08. The van der Waals surface area contributed by atoms with Gasteiger partial charge in [0.1, 0.15) is 0 Å². The molecule has 1 aromatic rings. The number of fused-ring (bicyclic) bond motifs is 1. The molecular formula is C12H11NO3. The molecule has 0 bridgehead atoms. The average Bonchev–Trinajstić information content (AvgIpc) is 2.28. The Labute approximate surface area is 92.3 Å². The summed E-state index contributed by atoms with van der Waals surface area (Å²) in [6.45, 7) is 1.97. The van der Waals surface area contributed by atoms with Crippen molar-refractivity contribution in [2.24, 2.45) is 10.9 Å². The molecule has 16 heavy (non-hydrogen) atoms. The molecule has 1 aliphatic heterocycles. The van der Waals surface area contributed by atoms with Crippen LogP contribution in [0.1, 0.15) is 6.92 Å². The molecule has 82 valence electrons. The Morgan fingerprint density at radius 3 is 2.94 bits per heavy atom. The predicted molar refractivity (Wildman–Crippen MR) is 56.8 cm³/mol. The Bertz CT molecular complexity index is 548. The number of esters is 1. The van der Waals surface area contributed by atoms with Gasteiger partial charge in [0.05, 0.1) is 12.0 Å². The van der Waals surface area contributed by atoms with Crippen molar-refractivity contribution in [2.75, 3.05) is 6.61 Å². The molecule has 1 aromatic carbocycles. The lowest BCUT2D eigenvalue weighted by atomic mass is 10.0. The highest BCUT2D eigenvalue weighted by atomic mass is 16.5. The van der Waals surface area contributed by atoms with Crippen molar-refractivity contribution in [1.29, 1.82) is 0 Å². The van der Waals surface area contributed by atoms with Gasteiger partial charge in [-0.3, -0.25) is 9.59 Å². The predicted octanol–water partition coefficient (Wildman–Crippen LogP) is -0.194. The van der Waals surface area contributed by atoms with Gasteiger partial charge >= 0.3 is 5.97 Å². The standard InChI is InChI=1S/C12H11NO3/c1-2-16-12(15)9-7-8-5-3-4-6-10(8)13-11(9)14/h3-7,9H,2H2,1H3. The van der Waals surface area contributed by atoms with E-state index in [2.05, 4.69) is 4.99 Å². The third kappa shape index (κ3) is 1.86. The molecule has 0 aliphatic carbocycles. The van der Waals surface area contributed by atoms with Gasteiger partial charge in [0.2, 0.25) is 0 Å². The largest absolute Gasteiger partial charge is 0.465 e. The summed E-state index contributed by atoms with van der Waals surface area (Å²) in [5, 5.41) is 1.40. The SMILES string of the molecule is CCOC(=O)C1C=c2ccccc2=NC1=O. The van der Waals surface area contributed by atoms with E-state index in [1.807, 2.05) is 12.1 Å². The summed E-state index contributed by atoms with van der Waals surface area (Å²) in [6.07, 6.45) is 1.60. The number of hydrogen-bond acceptors (Lipinski definition) is 3. The van der Waals surface area contributed by atoms with Gasteiger partial charge in [0, 0.05) is 0 Å². The summed E-state index contributed by atoms with van der Waals surface area (Å²) in [5.74, 6) is -1.89. The van der Waals surface area contributed by atoms with E-state index in [1.54, 1.807) is 25.1 Å². The second kappa shape index (κ2) is 4.26. The molecule has 0 saturated heterocycles. The number of carbonyl (C=O) groups is 2. The summed E-state index contributed by atoms with van der Waals surface area (Å²) in [5.41, 5.74) is 0. The fourth-order valence-corrected chi connectivity index (χ4v) is 1.57. The molecule has 4 nitrogen and oxygen atoms in total. The third-order valence-electron chi connectivity index (χ3n) is 2.32. The van der Waals surface area contributed by atoms with Crippen LogP contribution >= 0.6 is 0 Å². The van der Waals surface area contributed by atoms with Crippen LogP contribution in [0, 0.1) is 5.92 Å². The van der Waals surface area contributed by atoms with Crippen LogP contribution in [0.25, 0.3) is 6.08 Å². The van der Waals surface area contributed by atoms with Crippen LogP contribution in [0.15, 0.2) is 29.3 Å². The molecule has 1 heterocycles. The first-order valence-corrected chi connectivity index (χ1v) is 5.08. The molecule has 1 aliphatic rings. The van der Waals surface area contributed by atoms with Crippen molar-refractivity contribution in [2.45, 2.75) is 6.92 Å². The zero-order valence-corrected chi connectivity index (χ0v) is 8.84. The molecular weight excluding hydrogens is 206 g/mol. The van der Waals surface area contributed by atoms with Crippen molar-refractivity contribution in [3.63, 3.8) is 0 Å². The second-order valence-electron chi connectivity index (χ2n) is 3.41. The zero-order chi connectivity index (χ0) is 11.5. The second-order valence-corrected chi connectivity index (χ2v) is 3.41. The first kappa shape index (κ1) is 10.5. The molecule has 1 amide bonds. The van der Waals surface area contributed by atoms with Crippen molar-refractivity contribution >= 4 is 18.0 Å². The van der Waals surface area contributed by atoms with Gasteiger partial charge in [0.25, 0.3) is 5.91 Å². The Hall–Kier alpha value is -1.97. The summed E-state index contributed by atoms with van der Waals surface area (Å²) in [6, 6.07) is 7.19. The summed E-state index contributed by atoms with van der Waals surface area (Å²) in [7, 11) is 0. The Morgan fingerprint density at radius 1 is 1.44 bits per heavy atom. The van der Waals surface area contributed by atoms with E-state index in [1.165, 1.54) is 0 Å². The van der Waals surface area contributed by atoms with Gasteiger partial charge in [0.15, 0.2) is 5.92 Å². The van der Waals surface area contributed by atoms with Crippen LogP contribution in [0.2, 0.25) is 0 Å². The third-order valence-corrected chi connectivity index (χ3v) is 2.32. The normalized spacial score (nSPS) is 18.1. The van der Waals surface area contributed by atoms with Gasteiger partial charge in [-0.2, -0.15) is 0 Å². The number of nitrogens with zero attached hydrogens (tertiary/aromatic N) is 1. The number of hydrogen-bond donors (Lipinski definition) is 0. The topological polar surface area (TPSA) is 55.7 Å².